The molecule has 0 unspecified atom stereocenters. The lowest BCUT2D eigenvalue weighted by Gasteiger charge is -2.23. The van der Waals surface area contributed by atoms with Gasteiger partial charge in [-0.1, -0.05) is 64.5 Å². The second kappa shape index (κ2) is 17.5. The fraction of sp³-hybridized carbons (Fsp3) is 0.724. The van der Waals surface area contributed by atoms with Crippen LogP contribution in [0, 0.1) is 0 Å². The van der Waals surface area contributed by atoms with Crippen molar-refractivity contribution < 1.29 is 24.6 Å². The second-order valence-electron chi connectivity index (χ2n) is 9.06. The molecule has 0 aliphatic carbocycles. The van der Waals surface area contributed by atoms with Gasteiger partial charge in [-0.2, -0.15) is 4.37 Å². The van der Waals surface area contributed by atoms with Crippen LogP contribution in [0.15, 0.2) is 27.7 Å². The van der Waals surface area contributed by atoms with Gasteiger partial charge in [0.15, 0.2) is 0 Å². The number of nitrogens with zero attached hydrogens (tertiary/aromatic N) is 6. The highest BCUT2D eigenvalue weighted by molar-refractivity contribution is 6.99. The standard InChI is InChI=1S/C15H25N3O.C14H23N3OS/c1-3-4-5-6-10-19-15-14(16-12-17-15)13-8-7-9-18(2)11-13;1-3-4-5-6-10-18-14-13(15-19-16-14)12-8-7-9-17(2)11-12/h8H,3-7,9-12H2,1-2H3;8H,3-7,9-11H2,1-2H3/i2D3,9D2,10D2;9D2,10D2. The van der Waals surface area contributed by atoms with E-state index in [0.717, 1.165) is 54.3 Å². The second-order valence-corrected chi connectivity index (χ2v) is 9.59. The number of rotatable bonds is 13. The minimum absolute atomic E-state index is 0.0608. The van der Waals surface area contributed by atoms with Crippen LogP contribution < -0.4 is 4.74 Å². The highest BCUT2D eigenvalue weighted by Crippen LogP contribution is 2.27. The molecule has 0 saturated carbocycles. The van der Waals surface area contributed by atoms with E-state index in [9.17, 15) is 0 Å². The van der Waals surface area contributed by atoms with Crippen LogP contribution in [0.3, 0.4) is 0 Å². The van der Waals surface area contributed by atoms with Crippen LogP contribution in [-0.4, -0.2) is 90.0 Å². The Hall–Kier alpha value is -2.10. The topological polar surface area (TPSA) is 75.4 Å². The smallest absolute Gasteiger partial charge is 0.253 e. The maximum Gasteiger partial charge on any atom is 0.253 e. The van der Waals surface area contributed by atoms with Gasteiger partial charge in [0.25, 0.3) is 5.88 Å². The highest BCUT2D eigenvalue weighted by Gasteiger charge is 2.22. The molecule has 0 saturated heterocycles. The third kappa shape index (κ3) is 10.2. The van der Waals surface area contributed by atoms with Crippen LogP contribution in [-0.2, 0) is 4.74 Å². The maximum atomic E-state index is 8.00. The summed E-state index contributed by atoms with van der Waals surface area (Å²) in [6, 6.07) is 0. The SMILES string of the molecule is [2H]C([2H])(CCCCC)OC1=NCN=C1C1=CCC([2H])([2H])N(C([2H])([2H])[2H])C1.[2H]C([2H])(CCCCC)Oc1nsnc1C1=CCC([2H])([2H])N(C)C1. The molecule has 0 spiro atoms. The van der Waals surface area contributed by atoms with E-state index >= 15 is 0 Å². The van der Waals surface area contributed by atoms with Crippen molar-refractivity contribution in [3.8, 4) is 5.88 Å². The number of aromatic nitrogens is 2. The third-order valence-corrected chi connectivity index (χ3v) is 6.40. The van der Waals surface area contributed by atoms with Gasteiger partial charge in [-0.25, -0.2) is 4.99 Å². The van der Waals surface area contributed by atoms with Crippen molar-refractivity contribution in [3.63, 3.8) is 0 Å². The zero-order valence-electron chi connectivity index (χ0n) is 33.8. The Morgan fingerprint density at radius 1 is 0.895 bits per heavy atom. The summed E-state index contributed by atoms with van der Waals surface area (Å²) in [5.74, 6) is 0.268. The molecule has 0 bridgehead atoms. The first-order chi connectivity index (χ1) is 22.7. The van der Waals surface area contributed by atoms with Gasteiger partial charge >= 0.3 is 0 Å². The summed E-state index contributed by atoms with van der Waals surface area (Å²) in [5, 5.41) is 0. The maximum absolute atomic E-state index is 8.00. The van der Waals surface area contributed by atoms with E-state index in [1.807, 2.05) is 6.92 Å². The number of hydrogen-bond donors (Lipinski definition) is 0. The van der Waals surface area contributed by atoms with Gasteiger partial charge < -0.3 is 19.3 Å². The molecule has 0 radical (unpaired) electrons. The van der Waals surface area contributed by atoms with Crippen molar-refractivity contribution in [3.05, 3.63) is 23.4 Å². The molecule has 38 heavy (non-hydrogen) atoms. The van der Waals surface area contributed by atoms with Gasteiger partial charge in [-0.05, 0) is 50.9 Å². The fourth-order valence-electron chi connectivity index (χ4n) is 3.82. The molecule has 212 valence electrons. The van der Waals surface area contributed by atoms with Crippen LogP contribution in [0.2, 0.25) is 0 Å². The van der Waals surface area contributed by atoms with Gasteiger partial charge in [0.2, 0.25) is 5.90 Å². The molecule has 1 aromatic rings. The third-order valence-electron chi connectivity index (χ3n) is 5.89. The number of ether oxygens (including phenoxy) is 2. The lowest BCUT2D eigenvalue weighted by molar-refractivity contribution is 0.294. The minimum atomic E-state index is -2.59. The van der Waals surface area contributed by atoms with E-state index < -0.39 is 33.1 Å². The van der Waals surface area contributed by atoms with Crippen molar-refractivity contribution in [2.75, 3.05) is 59.9 Å². The lowest BCUT2D eigenvalue weighted by atomic mass is 10.1. The summed E-state index contributed by atoms with van der Waals surface area (Å²) in [4.78, 5) is 10.7. The molecule has 9 heteroatoms. The Bertz CT molecular complexity index is 1380. The van der Waals surface area contributed by atoms with E-state index in [1.54, 1.807) is 24.1 Å². The average Bonchev–Trinajstić information content (AvgIpc) is 3.63. The van der Waals surface area contributed by atoms with E-state index in [0.29, 0.717) is 36.4 Å². The minimum Gasteiger partial charge on any atom is -0.476 e. The summed E-state index contributed by atoms with van der Waals surface area (Å²) in [6.45, 7) is -5.16. The molecule has 0 fully saturated rings. The van der Waals surface area contributed by atoms with Gasteiger partial charge in [0.1, 0.15) is 18.1 Å². The zero-order valence-corrected chi connectivity index (χ0v) is 23.6. The average molecular weight is 556 g/mol. The quantitative estimate of drug-likeness (QED) is 0.283. The summed E-state index contributed by atoms with van der Waals surface area (Å²) in [7, 11) is 1.72. The van der Waals surface area contributed by atoms with Crippen LogP contribution in [0.25, 0.3) is 5.57 Å². The number of unbranched alkanes of at least 4 members (excludes halogenated alkanes) is 4. The highest BCUT2D eigenvalue weighted by atomic mass is 32.1. The monoisotopic (exact) mass is 555 g/mol. The van der Waals surface area contributed by atoms with Crippen LogP contribution in [0.5, 0.6) is 5.88 Å². The molecule has 8 nitrogen and oxygen atoms in total. The van der Waals surface area contributed by atoms with Crippen LogP contribution in [0.4, 0.5) is 0 Å². The molecule has 3 aliphatic rings. The molecule has 3 aliphatic heterocycles. The molecule has 0 aromatic carbocycles. The summed E-state index contributed by atoms with van der Waals surface area (Å²) < 4.78 is 105. The van der Waals surface area contributed by atoms with E-state index in [-0.39, 0.29) is 44.3 Å². The largest absolute Gasteiger partial charge is 0.476 e. The summed E-state index contributed by atoms with van der Waals surface area (Å²) in [5.41, 5.74) is 2.17. The van der Waals surface area contributed by atoms with Crippen molar-refractivity contribution >= 4 is 28.9 Å². The predicted molar refractivity (Wildman–Crippen MR) is 160 cm³/mol. The normalized spacial score (nSPS) is 26.2. The Morgan fingerprint density at radius 2 is 1.58 bits per heavy atom. The fourth-order valence-corrected chi connectivity index (χ4v) is 4.34. The first-order valence-corrected chi connectivity index (χ1v) is 14.1. The number of likely N-dealkylation sites (N-methyl/N-ethyl adjacent to an activating group) is 2. The van der Waals surface area contributed by atoms with Gasteiger partial charge in [-0.15, -0.1) is 4.37 Å². The Balaban J connectivity index is 0.000000267. The van der Waals surface area contributed by atoms with E-state index in [1.165, 1.54) is 0 Å². The molecule has 4 heterocycles. The van der Waals surface area contributed by atoms with Crippen molar-refractivity contribution in [1.29, 1.82) is 0 Å². The molecule has 0 atom stereocenters. The summed E-state index contributed by atoms with van der Waals surface area (Å²) in [6.07, 6.45) is 9.45. The first-order valence-electron chi connectivity index (χ1n) is 18.9. The zero-order chi connectivity index (χ0) is 36.7. The van der Waals surface area contributed by atoms with E-state index in [4.69, 9.17) is 24.6 Å². The van der Waals surface area contributed by atoms with Gasteiger partial charge in [-0.3, -0.25) is 4.99 Å². The van der Waals surface area contributed by atoms with Crippen LogP contribution in [0.1, 0.15) is 98.8 Å². The molecular weight excluding hydrogens is 496 g/mol. The van der Waals surface area contributed by atoms with Crippen molar-refractivity contribution in [2.45, 2.75) is 78.1 Å². The molecule has 4 rings (SSSR count). The summed E-state index contributed by atoms with van der Waals surface area (Å²) >= 11 is 0.985. The molecular formula is C29H48N6O2S. The van der Waals surface area contributed by atoms with Gasteiger partial charge in [0.05, 0.1) is 30.3 Å². The van der Waals surface area contributed by atoms with Gasteiger partial charge in [0, 0.05) is 35.7 Å². The number of hydrogen-bond acceptors (Lipinski definition) is 9. The van der Waals surface area contributed by atoms with E-state index in [2.05, 4.69) is 25.7 Å². The number of aliphatic imine (C=N–C) groups is 2. The Morgan fingerprint density at radius 3 is 2.29 bits per heavy atom. The van der Waals surface area contributed by atoms with Crippen LogP contribution >= 0.6 is 11.7 Å². The Labute approximate surface area is 249 Å². The predicted octanol–water partition coefficient (Wildman–Crippen LogP) is 5.87. The molecule has 0 N–H and O–H groups in total. The molecule has 1 aromatic heterocycles. The lowest BCUT2D eigenvalue weighted by Crippen LogP contribution is -2.31. The van der Waals surface area contributed by atoms with Crippen molar-refractivity contribution in [1.82, 2.24) is 18.5 Å². The Kier molecular flexibility index (Phi) is 8.41. The van der Waals surface area contributed by atoms with Crippen molar-refractivity contribution in [2.24, 2.45) is 9.98 Å². The first kappa shape index (κ1) is 18.3. The molecule has 0 amide bonds.